The molecule has 2 saturated heterocycles. The third-order valence-corrected chi connectivity index (χ3v) is 5.05. The van der Waals surface area contributed by atoms with Crippen molar-refractivity contribution in [1.29, 1.82) is 0 Å². The quantitative estimate of drug-likeness (QED) is 0.536. The van der Waals surface area contributed by atoms with Crippen LogP contribution in [0.25, 0.3) is 0 Å². The summed E-state index contributed by atoms with van der Waals surface area (Å²) in [5.41, 5.74) is 0. The lowest BCUT2D eigenvalue weighted by atomic mass is 10.4. The van der Waals surface area contributed by atoms with Gasteiger partial charge in [0.15, 0.2) is 0 Å². The summed E-state index contributed by atoms with van der Waals surface area (Å²) in [6, 6.07) is 0. The molecule has 0 aromatic carbocycles. The van der Waals surface area contributed by atoms with Gasteiger partial charge in [-0.25, -0.2) is 0 Å². The fraction of sp³-hybridized carbons (Fsp3) is 0.400. The van der Waals surface area contributed by atoms with Crippen LogP contribution in [0.15, 0.2) is 22.1 Å². The minimum absolute atomic E-state index is 0.00231. The molecule has 3 nitrogen and oxygen atoms in total. The van der Waals surface area contributed by atoms with Gasteiger partial charge < -0.3 is 4.90 Å². The van der Waals surface area contributed by atoms with Gasteiger partial charge in [-0.15, -0.1) is 11.8 Å². The first kappa shape index (κ1) is 12.0. The van der Waals surface area contributed by atoms with Gasteiger partial charge in [0.05, 0.1) is 9.93 Å². The smallest absolute Gasteiger partial charge is 0.265 e. The Morgan fingerprint density at radius 1 is 1.38 bits per heavy atom. The number of carbonyl (C=O) groups excluding carboxylic acids is 1. The highest BCUT2D eigenvalue weighted by Gasteiger charge is 2.28. The molecule has 0 radical (unpaired) electrons. The number of hydrogen-bond donors (Lipinski definition) is 0. The van der Waals surface area contributed by atoms with Crippen molar-refractivity contribution in [2.24, 2.45) is 0 Å². The highest BCUT2D eigenvalue weighted by Crippen LogP contribution is 2.31. The SMILES string of the molecule is CN1C(=O)/C(=C\C=C2\SCCN2C)SC1=S. The molecule has 0 bridgehead atoms. The molecule has 2 fully saturated rings. The van der Waals surface area contributed by atoms with Crippen LogP contribution in [-0.2, 0) is 4.79 Å². The van der Waals surface area contributed by atoms with Crippen LogP contribution in [0, 0.1) is 0 Å². The van der Waals surface area contributed by atoms with Crippen LogP contribution < -0.4 is 0 Å². The molecule has 1 amide bonds. The topological polar surface area (TPSA) is 23.6 Å². The highest BCUT2D eigenvalue weighted by molar-refractivity contribution is 8.26. The molecular weight excluding hydrogens is 260 g/mol. The number of rotatable bonds is 1. The van der Waals surface area contributed by atoms with Crippen molar-refractivity contribution in [3.63, 3.8) is 0 Å². The summed E-state index contributed by atoms with van der Waals surface area (Å²) in [4.78, 5) is 16.1. The zero-order chi connectivity index (χ0) is 11.7. The number of hydrogen-bond acceptors (Lipinski definition) is 5. The molecule has 0 saturated carbocycles. The van der Waals surface area contributed by atoms with Crippen LogP contribution in [0.3, 0.4) is 0 Å². The summed E-state index contributed by atoms with van der Waals surface area (Å²) in [5.74, 6) is 1.11. The van der Waals surface area contributed by atoms with Crippen LogP contribution in [-0.4, -0.2) is 46.4 Å². The fourth-order valence-electron chi connectivity index (χ4n) is 1.39. The molecular formula is C10H12N2OS3. The Morgan fingerprint density at radius 3 is 2.62 bits per heavy atom. The lowest BCUT2D eigenvalue weighted by Crippen LogP contribution is -2.22. The predicted molar refractivity (Wildman–Crippen MR) is 74.2 cm³/mol. The standard InChI is InChI=1S/C10H12N2OS3/c1-11-5-6-15-8(11)4-3-7-9(13)12(2)10(14)16-7/h3-4H,5-6H2,1-2H3/b7-3+,8-4+. The van der Waals surface area contributed by atoms with E-state index in [1.165, 1.54) is 21.7 Å². The van der Waals surface area contributed by atoms with Crippen LogP contribution >= 0.6 is 35.7 Å². The Labute approximate surface area is 109 Å². The molecule has 86 valence electrons. The maximum atomic E-state index is 11.7. The van der Waals surface area contributed by atoms with Crippen LogP contribution in [0.2, 0.25) is 0 Å². The minimum atomic E-state index is -0.00231. The molecule has 6 heteroatoms. The third kappa shape index (κ3) is 2.28. The maximum absolute atomic E-state index is 11.7. The Balaban J connectivity index is 2.14. The van der Waals surface area contributed by atoms with E-state index in [1.54, 1.807) is 7.05 Å². The van der Waals surface area contributed by atoms with Crippen molar-refractivity contribution in [1.82, 2.24) is 9.80 Å². The van der Waals surface area contributed by atoms with Crippen molar-refractivity contribution in [3.05, 3.63) is 22.1 Å². The predicted octanol–water partition coefficient (Wildman–Crippen LogP) is 1.88. The average molecular weight is 272 g/mol. The van der Waals surface area contributed by atoms with Crippen molar-refractivity contribution >= 4 is 46.0 Å². The van der Waals surface area contributed by atoms with Gasteiger partial charge in [0.25, 0.3) is 5.91 Å². The third-order valence-electron chi connectivity index (χ3n) is 2.42. The van der Waals surface area contributed by atoms with Gasteiger partial charge in [0.1, 0.15) is 4.32 Å². The molecule has 0 spiro atoms. The molecule has 2 aliphatic heterocycles. The molecule has 0 aromatic heterocycles. The lowest BCUT2D eigenvalue weighted by Gasteiger charge is -2.09. The van der Waals surface area contributed by atoms with Crippen molar-refractivity contribution < 1.29 is 4.79 Å². The second-order valence-corrected chi connectivity index (χ2v) is 6.33. The molecule has 0 aliphatic carbocycles. The van der Waals surface area contributed by atoms with Crippen LogP contribution in [0.1, 0.15) is 0 Å². The Morgan fingerprint density at radius 2 is 2.12 bits per heavy atom. The van der Waals surface area contributed by atoms with Gasteiger partial charge in [0.2, 0.25) is 0 Å². The minimum Gasteiger partial charge on any atom is -0.369 e. The first-order valence-electron chi connectivity index (χ1n) is 4.85. The van der Waals surface area contributed by atoms with Gasteiger partial charge in [-0.3, -0.25) is 9.69 Å². The van der Waals surface area contributed by atoms with Gasteiger partial charge in [-0.2, -0.15) is 0 Å². The van der Waals surface area contributed by atoms with E-state index in [0.29, 0.717) is 9.23 Å². The summed E-state index contributed by atoms with van der Waals surface area (Å²) < 4.78 is 0.627. The highest BCUT2D eigenvalue weighted by atomic mass is 32.2. The zero-order valence-corrected chi connectivity index (χ0v) is 11.5. The first-order chi connectivity index (χ1) is 7.59. The summed E-state index contributed by atoms with van der Waals surface area (Å²) in [6.45, 7) is 1.07. The van der Waals surface area contributed by atoms with E-state index in [2.05, 4.69) is 11.9 Å². The van der Waals surface area contributed by atoms with Crippen molar-refractivity contribution in [2.75, 3.05) is 26.4 Å². The van der Waals surface area contributed by atoms with E-state index in [1.807, 2.05) is 23.9 Å². The molecule has 2 heterocycles. The Kier molecular flexibility index (Phi) is 3.61. The van der Waals surface area contributed by atoms with E-state index in [0.717, 1.165) is 12.3 Å². The average Bonchev–Trinajstić information content (AvgIpc) is 2.76. The van der Waals surface area contributed by atoms with E-state index >= 15 is 0 Å². The summed E-state index contributed by atoms with van der Waals surface area (Å²) in [5, 5.41) is 1.21. The second kappa shape index (κ2) is 4.81. The molecule has 0 atom stereocenters. The number of carbonyl (C=O) groups is 1. The normalized spacial score (nSPS) is 26.6. The Bertz CT molecular complexity index is 403. The van der Waals surface area contributed by atoms with E-state index < -0.39 is 0 Å². The molecule has 0 N–H and O–H groups in total. The molecule has 2 rings (SSSR count). The van der Waals surface area contributed by atoms with Gasteiger partial charge in [0, 0.05) is 26.4 Å². The Hall–Kier alpha value is -0.460. The second-order valence-electron chi connectivity index (χ2n) is 3.54. The van der Waals surface area contributed by atoms with E-state index in [4.69, 9.17) is 12.2 Å². The number of allylic oxidation sites excluding steroid dienone is 2. The monoisotopic (exact) mass is 272 g/mol. The van der Waals surface area contributed by atoms with Gasteiger partial charge >= 0.3 is 0 Å². The maximum Gasteiger partial charge on any atom is 0.265 e. The zero-order valence-electron chi connectivity index (χ0n) is 9.10. The van der Waals surface area contributed by atoms with Gasteiger partial charge in [-0.1, -0.05) is 24.0 Å². The summed E-state index contributed by atoms with van der Waals surface area (Å²) >= 11 is 8.23. The molecule has 0 aromatic rings. The first-order valence-corrected chi connectivity index (χ1v) is 7.06. The number of likely N-dealkylation sites (N-methyl/N-ethyl adjacent to an activating group) is 1. The molecule has 16 heavy (non-hydrogen) atoms. The summed E-state index contributed by atoms with van der Waals surface area (Å²) in [6.07, 6.45) is 3.87. The van der Waals surface area contributed by atoms with Crippen LogP contribution in [0.5, 0.6) is 0 Å². The number of thioether (sulfide) groups is 2. The van der Waals surface area contributed by atoms with Gasteiger partial charge in [-0.05, 0) is 12.2 Å². The number of amides is 1. The fourth-order valence-corrected chi connectivity index (χ4v) is 3.56. The molecule has 0 unspecified atom stereocenters. The number of thiocarbonyl (C=S) groups is 1. The largest absolute Gasteiger partial charge is 0.369 e. The van der Waals surface area contributed by atoms with Crippen molar-refractivity contribution in [2.45, 2.75) is 0 Å². The molecule has 2 aliphatic rings. The lowest BCUT2D eigenvalue weighted by molar-refractivity contribution is -0.121. The van der Waals surface area contributed by atoms with Crippen molar-refractivity contribution in [3.8, 4) is 0 Å². The van der Waals surface area contributed by atoms with Crippen LogP contribution in [0.4, 0.5) is 0 Å². The number of nitrogens with zero attached hydrogens (tertiary/aromatic N) is 2. The summed E-state index contributed by atoms with van der Waals surface area (Å²) in [7, 11) is 3.77. The van der Waals surface area contributed by atoms with E-state index in [9.17, 15) is 4.79 Å². The van der Waals surface area contributed by atoms with E-state index in [-0.39, 0.29) is 5.91 Å².